The number of hydrogen-bond acceptors (Lipinski definition) is 10. The number of nitrogens with zero attached hydrogens (tertiary/aromatic N) is 5. The van der Waals surface area contributed by atoms with Crippen LogP contribution in [0.15, 0.2) is 217 Å². The van der Waals surface area contributed by atoms with Crippen LogP contribution in [-0.2, 0) is 51.4 Å². The number of halogens is 10. The summed E-state index contributed by atoms with van der Waals surface area (Å²) in [6.45, 7) is 12.6. The SMILES string of the molecule is C[C@@H]1CC2=C(Cc3ccccc32)[C@@H](c2c(F)cc(/C=C/C(=O)O)cc2F)N1CC(C)(C)O.C[C@@H]1CC2=C(Cc3ccccc32)[C@@H](c2c(F)cc(/C=C/C(=O)O)cc2F)N1CC1(F)CCCC1.C[C@@H]1CC2=C(Cc3ccccc32)[C@@H](c2c(F)cc(/C=C/C(=O)O)cc2F)N1CC1(F)CCCCC1.C[C@@H]1CC2=C(Cc3ccccc32)[C@@H](c2c(F)cc(/C=C/C(=O)O)cc2F)N1Cc1cccnc1. The third-order valence-electron chi connectivity index (χ3n) is 28.4. The third kappa shape index (κ3) is 20.8. The van der Waals surface area contributed by atoms with Gasteiger partial charge in [0, 0.05) is 109 Å². The highest BCUT2D eigenvalue weighted by Crippen LogP contribution is 2.57. The predicted octanol–water partition coefficient (Wildman–Crippen LogP) is 24.2. The Morgan fingerprint density at radius 1 is 0.378 bits per heavy atom. The van der Waals surface area contributed by atoms with Gasteiger partial charge in [0.25, 0.3) is 0 Å². The van der Waals surface area contributed by atoms with Crippen molar-refractivity contribution < 1.29 is 88.6 Å². The summed E-state index contributed by atoms with van der Waals surface area (Å²) in [5, 5.41) is 46.0. The fourth-order valence-corrected chi connectivity index (χ4v) is 22.5. The zero-order valence-electron chi connectivity index (χ0n) is 76.1. The molecule has 0 amide bonds. The lowest BCUT2D eigenvalue weighted by atomic mass is 9.81. The van der Waals surface area contributed by atoms with Crippen molar-refractivity contribution in [3.8, 4) is 0 Å². The molecule has 14 nitrogen and oxygen atoms in total. The molecule has 0 bridgehead atoms. The molecule has 9 aromatic rings. The first-order valence-corrected chi connectivity index (χ1v) is 46.3. The van der Waals surface area contributed by atoms with Crippen molar-refractivity contribution in [2.24, 2.45) is 0 Å². The maximum absolute atomic E-state index is 16.0. The van der Waals surface area contributed by atoms with Crippen molar-refractivity contribution in [3.05, 3.63) is 358 Å². The Bertz CT molecular complexity index is 6280. The zero-order valence-corrected chi connectivity index (χ0v) is 76.1. The average molecular weight is 1850 g/mol. The van der Waals surface area contributed by atoms with Gasteiger partial charge >= 0.3 is 23.9 Å². The number of benzene rings is 8. The normalized spacial score (nSPS) is 22.3. The van der Waals surface area contributed by atoms with Crippen LogP contribution in [0.3, 0.4) is 0 Å². The summed E-state index contributed by atoms with van der Waals surface area (Å²) in [4.78, 5) is 55.6. The van der Waals surface area contributed by atoms with E-state index in [2.05, 4.69) is 47.1 Å². The molecule has 5 heterocycles. The van der Waals surface area contributed by atoms with Gasteiger partial charge in [0.1, 0.15) is 57.9 Å². The van der Waals surface area contributed by atoms with Gasteiger partial charge in [-0.2, -0.15) is 0 Å². The second-order valence-electron chi connectivity index (χ2n) is 38.4. The molecule has 24 heteroatoms. The van der Waals surface area contributed by atoms with Crippen molar-refractivity contribution in [1.82, 2.24) is 24.6 Å². The van der Waals surface area contributed by atoms with Crippen LogP contribution >= 0.6 is 0 Å². The molecule has 135 heavy (non-hydrogen) atoms. The number of aromatic nitrogens is 1. The number of rotatable bonds is 20. The Kier molecular flexibility index (Phi) is 28.4. The monoisotopic (exact) mass is 1850 g/mol. The van der Waals surface area contributed by atoms with E-state index >= 15 is 43.9 Å². The van der Waals surface area contributed by atoms with Gasteiger partial charge in [-0.05, 0) is 314 Å². The van der Waals surface area contributed by atoms with Crippen LogP contribution in [0.5, 0.6) is 0 Å². The minimum absolute atomic E-state index is 0.00298. The highest BCUT2D eigenvalue weighted by Gasteiger charge is 2.50. The Morgan fingerprint density at radius 3 is 0.911 bits per heavy atom. The van der Waals surface area contributed by atoms with Gasteiger partial charge in [-0.1, -0.05) is 135 Å². The standard InChI is InChI=1S/C29H30F3NO2.C28H28F3NO2.C28H24F2N2O2.C26H27F2NO3/c1-18-13-22-21-8-4-3-7-20(21)16-23(22)28(33(18)17-29(32)11-5-2-6-12-29)27-24(30)14-19(15-25(27)31)9-10-26(34)35;1-17-12-21-20-7-3-2-6-19(20)15-22(21)27(32(17)16-28(31)10-4-5-11-28)26-23(29)13-18(14-24(26)30)8-9-25(33)34;1-17-11-22-21-7-3-2-6-20(21)14-23(22)28(32(17)16-19-5-4-10-31-15-19)27-24(29)12-18(13-25(27)30)8-9-26(33)34;1-15-10-19-18-7-5-4-6-17(18)13-20(19)25(29(15)14-26(2,3)32)24-21(27)11-16(12-22(24)28)8-9-23(30)31/h3-4,7-10,14-15,18,28H,2,5-6,11-13,16-17H2,1H3,(H,34,35);2-3,6-9,13-14,17,27H,4-5,10-12,15-16H2,1H3,(H,33,34);2-10,12-13,15,17,28H,11,14,16H2,1H3,(H,33,34);4-9,11-12,15,25,32H,10,13-14H2,1-3H3,(H,30,31)/b10-9+;3*9-8+/t18-,28+;17-,27+;17-,28+;15-,25+/m1111/s1. The third-order valence-corrected chi connectivity index (χ3v) is 28.4. The van der Waals surface area contributed by atoms with E-state index in [9.17, 15) is 24.3 Å². The fraction of sp³-hybridized carbons (Fsp3) is 0.342. The minimum Gasteiger partial charge on any atom is -0.478 e. The van der Waals surface area contributed by atoms with Crippen LogP contribution < -0.4 is 0 Å². The molecule has 19 rings (SSSR count). The number of carboxylic acid groups (broad SMARTS) is 4. The number of carbonyl (C=O) groups is 4. The molecule has 0 unspecified atom stereocenters. The molecule has 10 aliphatic rings. The van der Waals surface area contributed by atoms with E-state index in [1.807, 2.05) is 114 Å². The number of alkyl halides is 2. The summed E-state index contributed by atoms with van der Waals surface area (Å²) >= 11 is 0. The van der Waals surface area contributed by atoms with E-state index in [0.717, 1.165) is 153 Å². The van der Waals surface area contributed by atoms with Crippen molar-refractivity contribution in [2.75, 3.05) is 19.6 Å². The molecule has 8 aromatic carbocycles. The lowest BCUT2D eigenvalue weighted by Crippen LogP contribution is -2.49. The Hall–Kier alpha value is -12.2. The minimum atomic E-state index is -1.37. The van der Waals surface area contributed by atoms with Crippen molar-refractivity contribution in [3.63, 3.8) is 0 Å². The molecule has 0 spiro atoms. The largest absolute Gasteiger partial charge is 0.478 e. The van der Waals surface area contributed by atoms with E-state index in [4.69, 9.17) is 20.4 Å². The summed E-state index contributed by atoms with van der Waals surface area (Å²) in [6.07, 6.45) is 23.2. The Labute approximate surface area is 779 Å². The maximum Gasteiger partial charge on any atom is 0.328 e. The molecule has 702 valence electrons. The number of fused-ring (bicyclic) bond motifs is 8. The molecule has 6 aliphatic carbocycles. The molecule has 8 atom stereocenters. The van der Waals surface area contributed by atoms with Gasteiger partial charge in [-0.25, -0.2) is 63.1 Å². The first kappa shape index (κ1) is 95.9. The highest BCUT2D eigenvalue weighted by molar-refractivity contribution is 5.88. The lowest BCUT2D eigenvalue weighted by Gasteiger charge is -2.46. The van der Waals surface area contributed by atoms with E-state index in [1.165, 1.54) is 84.0 Å². The highest BCUT2D eigenvalue weighted by atomic mass is 19.2. The smallest absolute Gasteiger partial charge is 0.328 e. The Morgan fingerprint density at radius 2 is 0.637 bits per heavy atom. The van der Waals surface area contributed by atoms with Crippen LogP contribution in [0.2, 0.25) is 0 Å². The van der Waals surface area contributed by atoms with Crippen LogP contribution in [0.1, 0.15) is 244 Å². The predicted molar refractivity (Wildman–Crippen MR) is 503 cm³/mol. The number of hydrogen-bond donors (Lipinski definition) is 5. The molecule has 2 saturated carbocycles. The molecule has 0 saturated heterocycles. The van der Waals surface area contributed by atoms with E-state index in [0.29, 0.717) is 70.8 Å². The van der Waals surface area contributed by atoms with Gasteiger partial charge in [0.05, 0.1) is 29.8 Å². The molecule has 4 aliphatic heterocycles. The number of aliphatic carboxylic acids is 4. The molecule has 5 N–H and O–H groups in total. The molecule has 2 fully saturated rings. The lowest BCUT2D eigenvalue weighted by molar-refractivity contribution is -0.132. The van der Waals surface area contributed by atoms with E-state index in [-0.39, 0.29) is 88.3 Å². The Balaban J connectivity index is 0.000000131. The van der Waals surface area contributed by atoms with E-state index < -0.39 is 112 Å². The molecule has 1 aromatic heterocycles. The summed E-state index contributed by atoms with van der Waals surface area (Å²) in [5.74, 6) is -10.5. The van der Waals surface area contributed by atoms with Crippen LogP contribution in [0.25, 0.3) is 46.6 Å². The van der Waals surface area contributed by atoms with Crippen molar-refractivity contribution >= 4 is 70.5 Å². The maximum atomic E-state index is 16.0. The van der Waals surface area contributed by atoms with Crippen LogP contribution in [-0.4, -0.2) is 135 Å². The quantitative estimate of drug-likeness (QED) is 0.0357. The second-order valence-corrected chi connectivity index (χ2v) is 38.4. The van der Waals surface area contributed by atoms with Gasteiger partial charge in [-0.15, -0.1) is 0 Å². The summed E-state index contributed by atoms with van der Waals surface area (Å²) < 4.78 is 156. The number of carboxylic acids is 4. The second kappa shape index (κ2) is 40.0. The van der Waals surface area contributed by atoms with Crippen molar-refractivity contribution in [2.45, 2.75) is 223 Å². The van der Waals surface area contributed by atoms with Crippen molar-refractivity contribution in [1.29, 1.82) is 0 Å². The number of pyridine rings is 1. The van der Waals surface area contributed by atoms with Crippen LogP contribution in [0.4, 0.5) is 43.9 Å². The van der Waals surface area contributed by atoms with Gasteiger partial charge < -0.3 is 25.5 Å². The molecular formula is C111H109F10N5O9. The summed E-state index contributed by atoms with van der Waals surface area (Å²) in [6, 6.07) is 42.7. The molecular weight excluding hydrogens is 1740 g/mol. The van der Waals surface area contributed by atoms with Gasteiger partial charge in [-0.3, -0.25) is 24.6 Å². The first-order valence-electron chi connectivity index (χ1n) is 46.3. The van der Waals surface area contributed by atoms with E-state index in [1.54, 1.807) is 26.2 Å². The topological polar surface area (TPSA) is 195 Å². The zero-order chi connectivity index (χ0) is 95.8. The summed E-state index contributed by atoms with van der Waals surface area (Å²) in [7, 11) is 0. The average Bonchev–Trinajstić information content (AvgIpc) is 1.63. The summed E-state index contributed by atoms with van der Waals surface area (Å²) in [5.41, 5.74) is 15.1. The molecule has 0 radical (unpaired) electrons. The first-order chi connectivity index (χ1) is 64.5. The number of β-amino-alcohol motifs (C(OH)–C–C–N with tert-alkyl or cyclic N) is 1. The van der Waals surface area contributed by atoms with Crippen LogP contribution in [0, 0.1) is 46.5 Å². The fourth-order valence-electron chi connectivity index (χ4n) is 22.5. The van der Waals surface area contributed by atoms with Gasteiger partial charge in [0.2, 0.25) is 0 Å². The van der Waals surface area contributed by atoms with Gasteiger partial charge in [0.15, 0.2) is 0 Å². The number of aliphatic hydroxyl groups is 1.